The van der Waals surface area contributed by atoms with Crippen molar-refractivity contribution < 1.29 is 14.2 Å². The molecule has 1 heterocycles. The van der Waals surface area contributed by atoms with Gasteiger partial charge in [0.25, 0.3) is 0 Å². The number of nitrogens with one attached hydrogen (secondary N) is 2. The van der Waals surface area contributed by atoms with E-state index in [0.29, 0.717) is 0 Å². The SMILES string of the molecule is CN=C(NCCc1ccc(OC)c(OC)c1)NCc1ccc(N2CCOCC2)cc1.I. The molecular formula is C23H33IN4O3. The van der Waals surface area contributed by atoms with E-state index < -0.39 is 0 Å². The molecule has 3 rings (SSSR count). The molecule has 0 saturated carbocycles. The van der Waals surface area contributed by atoms with Gasteiger partial charge in [0.1, 0.15) is 0 Å². The first-order chi connectivity index (χ1) is 14.7. The molecule has 1 aliphatic heterocycles. The lowest BCUT2D eigenvalue weighted by molar-refractivity contribution is 0.122. The molecule has 8 heteroatoms. The summed E-state index contributed by atoms with van der Waals surface area (Å²) >= 11 is 0. The van der Waals surface area contributed by atoms with Gasteiger partial charge in [-0.3, -0.25) is 4.99 Å². The van der Waals surface area contributed by atoms with Crippen molar-refractivity contribution in [1.29, 1.82) is 0 Å². The van der Waals surface area contributed by atoms with Gasteiger partial charge in [-0.05, 0) is 41.8 Å². The number of guanidine groups is 1. The Morgan fingerprint density at radius 1 is 0.968 bits per heavy atom. The van der Waals surface area contributed by atoms with E-state index in [4.69, 9.17) is 14.2 Å². The number of methoxy groups -OCH3 is 2. The fourth-order valence-electron chi connectivity index (χ4n) is 3.41. The number of hydrogen-bond acceptors (Lipinski definition) is 5. The normalized spacial score (nSPS) is 13.9. The minimum Gasteiger partial charge on any atom is -0.493 e. The van der Waals surface area contributed by atoms with Gasteiger partial charge in [0.05, 0.1) is 27.4 Å². The minimum atomic E-state index is 0. The predicted molar refractivity (Wildman–Crippen MR) is 136 cm³/mol. The summed E-state index contributed by atoms with van der Waals surface area (Å²) in [4.78, 5) is 6.67. The standard InChI is InChI=1S/C23H32N4O3.HI/c1-24-23(25-11-10-18-6-9-21(28-2)22(16-18)29-3)26-17-19-4-7-20(8-5-19)27-12-14-30-15-13-27;/h4-9,16H,10-15,17H2,1-3H3,(H2,24,25,26);1H. The first kappa shape index (κ1) is 25.1. The molecule has 7 nitrogen and oxygen atoms in total. The van der Waals surface area contributed by atoms with Crippen LogP contribution >= 0.6 is 24.0 Å². The number of nitrogens with zero attached hydrogens (tertiary/aromatic N) is 2. The lowest BCUT2D eigenvalue weighted by Gasteiger charge is -2.28. The van der Waals surface area contributed by atoms with Crippen LogP contribution in [0.1, 0.15) is 11.1 Å². The van der Waals surface area contributed by atoms with E-state index in [1.54, 1.807) is 21.3 Å². The first-order valence-electron chi connectivity index (χ1n) is 10.3. The average molecular weight is 540 g/mol. The Morgan fingerprint density at radius 3 is 2.29 bits per heavy atom. The number of anilines is 1. The van der Waals surface area contributed by atoms with Gasteiger partial charge in [-0.2, -0.15) is 0 Å². The van der Waals surface area contributed by atoms with Crippen molar-refractivity contribution in [2.24, 2.45) is 4.99 Å². The smallest absolute Gasteiger partial charge is 0.191 e. The quantitative estimate of drug-likeness (QED) is 0.305. The Bertz CT molecular complexity index is 824. The molecule has 31 heavy (non-hydrogen) atoms. The summed E-state index contributed by atoms with van der Waals surface area (Å²) in [5.74, 6) is 2.28. The van der Waals surface area contributed by atoms with Crippen LogP contribution in [0.4, 0.5) is 5.69 Å². The molecule has 1 saturated heterocycles. The monoisotopic (exact) mass is 540 g/mol. The van der Waals surface area contributed by atoms with E-state index in [1.807, 2.05) is 12.1 Å². The molecule has 2 N–H and O–H groups in total. The maximum absolute atomic E-state index is 5.42. The third-order valence-electron chi connectivity index (χ3n) is 5.15. The summed E-state index contributed by atoms with van der Waals surface area (Å²) < 4.78 is 16.1. The number of morpholine rings is 1. The highest BCUT2D eigenvalue weighted by molar-refractivity contribution is 14.0. The summed E-state index contributed by atoms with van der Waals surface area (Å²) in [5, 5.41) is 6.73. The van der Waals surface area contributed by atoms with Crippen LogP contribution in [0.3, 0.4) is 0 Å². The van der Waals surface area contributed by atoms with Gasteiger partial charge in [-0.15, -0.1) is 24.0 Å². The number of halogens is 1. The molecule has 0 spiro atoms. The maximum atomic E-state index is 5.42. The van der Waals surface area contributed by atoms with E-state index in [-0.39, 0.29) is 24.0 Å². The summed E-state index contributed by atoms with van der Waals surface area (Å²) in [6.45, 7) is 5.00. The third kappa shape index (κ3) is 7.46. The number of ether oxygens (including phenoxy) is 3. The lowest BCUT2D eigenvalue weighted by Crippen LogP contribution is -2.38. The van der Waals surface area contributed by atoms with Gasteiger partial charge >= 0.3 is 0 Å². The summed E-state index contributed by atoms with van der Waals surface area (Å²) in [5.41, 5.74) is 3.64. The van der Waals surface area contributed by atoms with Gasteiger partial charge in [-0.1, -0.05) is 18.2 Å². The van der Waals surface area contributed by atoms with Crippen LogP contribution in [0, 0.1) is 0 Å². The maximum Gasteiger partial charge on any atom is 0.191 e. The summed E-state index contributed by atoms with van der Waals surface area (Å²) in [6, 6.07) is 14.7. The third-order valence-corrected chi connectivity index (χ3v) is 5.15. The zero-order chi connectivity index (χ0) is 21.2. The van der Waals surface area contributed by atoms with E-state index in [0.717, 1.165) is 63.3 Å². The van der Waals surface area contributed by atoms with E-state index in [1.165, 1.54) is 16.8 Å². The number of hydrogen-bond donors (Lipinski definition) is 2. The van der Waals surface area contributed by atoms with Crippen LogP contribution in [0.5, 0.6) is 11.5 Å². The lowest BCUT2D eigenvalue weighted by atomic mass is 10.1. The molecule has 170 valence electrons. The Hall–Kier alpha value is -2.20. The van der Waals surface area contributed by atoms with Gasteiger partial charge < -0.3 is 29.7 Å². The Morgan fingerprint density at radius 2 is 1.65 bits per heavy atom. The first-order valence-corrected chi connectivity index (χ1v) is 10.3. The molecule has 0 aliphatic carbocycles. The van der Waals surface area contributed by atoms with Crippen molar-refractivity contribution in [3.8, 4) is 11.5 Å². The molecule has 0 amide bonds. The zero-order valence-corrected chi connectivity index (χ0v) is 20.8. The highest BCUT2D eigenvalue weighted by Gasteiger charge is 2.11. The number of aliphatic imine (C=N–C) groups is 1. The van der Waals surface area contributed by atoms with Crippen molar-refractivity contribution in [2.45, 2.75) is 13.0 Å². The minimum absolute atomic E-state index is 0. The Labute approximate surface area is 202 Å². The molecule has 2 aromatic carbocycles. The fraction of sp³-hybridized carbons (Fsp3) is 0.435. The van der Waals surface area contributed by atoms with Crippen molar-refractivity contribution >= 4 is 35.6 Å². The van der Waals surface area contributed by atoms with Crippen LogP contribution in [-0.4, -0.2) is 60.1 Å². The van der Waals surface area contributed by atoms with Gasteiger partial charge in [0, 0.05) is 38.9 Å². The molecular weight excluding hydrogens is 507 g/mol. The molecule has 0 unspecified atom stereocenters. The highest BCUT2D eigenvalue weighted by atomic mass is 127. The second-order valence-electron chi connectivity index (χ2n) is 7.06. The highest BCUT2D eigenvalue weighted by Crippen LogP contribution is 2.27. The Balaban J connectivity index is 0.00000341. The van der Waals surface area contributed by atoms with Gasteiger partial charge in [0.15, 0.2) is 17.5 Å². The summed E-state index contributed by atoms with van der Waals surface area (Å²) in [6.07, 6.45) is 0.856. The van der Waals surface area contributed by atoms with Crippen LogP contribution in [-0.2, 0) is 17.7 Å². The molecule has 0 radical (unpaired) electrons. The second kappa shape index (κ2) is 13.3. The van der Waals surface area contributed by atoms with Crippen molar-refractivity contribution in [2.75, 3.05) is 59.0 Å². The molecule has 2 aromatic rings. The van der Waals surface area contributed by atoms with E-state index >= 15 is 0 Å². The predicted octanol–water partition coefficient (Wildman–Crippen LogP) is 3.07. The van der Waals surface area contributed by atoms with Crippen molar-refractivity contribution in [3.05, 3.63) is 53.6 Å². The van der Waals surface area contributed by atoms with Crippen molar-refractivity contribution in [1.82, 2.24) is 10.6 Å². The molecule has 0 bridgehead atoms. The molecule has 1 aliphatic rings. The molecule has 1 fully saturated rings. The fourth-order valence-corrected chi connectivity index (χ4v) is 3.41. The van der Waals surface area contributed by atoms with Gasteiger partial charge in [0.2, 0.25) is 0 Å². The van der Waals surface area contributed by atoms with Crippen LogP contribution in [0.15, 0.2) is 47.5 Å². The largest absolute Gasteiger partial charge is 0.493 e. The summed E-state index contributed by atoms with van der Waals surface area (Å²) in [7, 11) is 5.08. The van der Waals surface area contributed by atoms with Crippen LogP contribution in [0.2, 0.25) is 0 Å². The number of benzene rings is 2. The Kier molecular flexibility index (Phi) is 10.7. The topological polar surface area (TPSA) is 67.4 Å². The van der Waals surface area contributed by atoms with E-state index in [9.17, 15) is 0 Å². The van der Waals surface area contributed by atoms with Gasteiger partial charge in [-0.25, -0.2) is 0 Å². The molecule has 0 atom stereocenters. The second-order valence-corrected chi connectivity index (χ2v) is 7.06. The number of rotatable bonds is 8. The van der Waals surface area contributed by atoms with Crippen molar-refractivity contribution in [3.63, 3.8) is 0 Å². The van der Waals surface area contributed by atoms with E-state index in [2.05, 4.69) is 50.9 Å². The molecule has 0 aromatic heterocycles. The average Bonchev–Trinajstić information content (AvgIpc) is 2.82. The van der Waals surface area contributed by atoms with Crippen LogP contribution in [0.25, 0.3) is 0 Å². The zero-order valence-electron chi connectivity index (χ0n) is 18.5. The van der Waals surface area contributed by atoms with Crippen LogP contribution < -0.4 is 25.0 Å².